The molecule has 1 heterocycles. The first-order valence-electron chi connectivity index (χ1n) is 11.0. The molecule has 4 rings (SSSR count). The molecule has 1 fully saturated rings. The maximum absolute atomic E-state index is 13.1. The number of benzene rings is 3. The molecule has 1 amide bonds. The first-order valence-corrected chi connectivity index (χ1v) is 12.2. The quantitative estimate of drug-likeness (QED) is 0.251. The molecule has 0 unspecified atom stereocenters. The Labute approximate surface area is 209 Å². The predicted molar refractivity (Wildman–Crippen MR) is 140 cm³/mol. The van der Waals surface area contributed by atoms with Gasteiger partial charge in [-0.15, -0.1) is 0 Å². The van der Waals surface area contributed by atoms with Crippen LogP contribution in [0, 0.1) is 0 Å². The van der Waals surface area contributed by atoms with E-state index in [9.17, 15) is 4.79 Å². The molecule has 0 saturated carbocycles. The Morgan fingerprint density at radius 3 is 2.44 bits per heavy atom. The van der Waals surface area contributed by atoms with Crippen molar-refractivity contribution in [1.82, 2.24) is 4.90 Å². The van der Waals surface area contributed by atoms with E-state index in [1.165, 1.54) is 11.8 Å². The average Bonchev–Trinajstić information content (AvgIpc) is 3.14. The smallest absolute Gasteiger partial charge is 0.266 e. The van der Waals surface area contributed by atoms with Crippen LogP contribution >= 0.6 is 23.4 Å². The average molecular weight is 493 g/mol. The summed E-state index contributed by atoms with van der Waals surface area (Å²) in [7, 11) is 0. The third kappa shape index (κ3) is 6.50. The van der Waals surface area contributed by atoms with E-state index in [2.05, 4.69) is 0 Å². The number of para-hydroxylation sites is 1. The van der Waals surface area contributed by atoms with Crippen LogP contribution in [-0.4, -0.2) is 35.7 Å². The molecule has 0 spiro atoms. The fourth-order valence-electron chi connectivity index (χ4n) is 3.26. The minimum absolute atomic E-state index is 0.0672. The summed E-state index contributed by atoms with van der Waals surface area (Å²) in [5, 5.41) is 1.36. The standard InChI is InChI=1S/C27H25ClN2O3S/c1-2-32-17-16-30-26(31)25(34-27(30)29-23-6-4-3-5-7-23)18-20-10-14-24(15-11-20)33-19-21-8-12-22(28)13-9-21/h3-15,18H,2,16-17,19H2,1H3/b25-18-,29-27?. The fraction of sp³-hybridized carbons (Fsp3) is 0.185. The Kier molecular flexibility index (Phi) is 8.41. The van der Waals surface area contributed by atoms with E-state index in [0.29, 0.717) is 41.5 Å². The van der Waals surface area contributed by atoms with E-state index < -0.39 is 0 Å². The molecule has 0 N–H and O–H groups in total. The number of amidine groups is 1. The molecule has 5 nitrogen and oxygen atoms in total. The number of carbonyl (C=O) groups excluding carboxylic acids is 1. The zero-order chi connectivity index (χ0) is 23.8. The van der Waals surface area contributed by atoms with E-state index in [4.69, 9.17) is 26.1 Å². The third-order valence-corrected chi connectivity index (χ3v) is 6.29. The molecule has 1 saturated heterocycles. The van der Waals surface area contributed by atoms with E-state index >= 15 is 0 Å². The molecule has 1 aliphatic rings. The van der Waals surface area contributed by atoms with Gasteiger partial charge in [0.1, 0.15) is 12.4 Å². The van der Waals surface area contributed by atoms with Gasteiger partial charge in [-0.2, -0.15) is 0 Å². The summed E-state index contributed by atoms with van der Waals surface area (Å²) in [4.78, 5) is 20.1. The van der Waals surface area contributed by atoms with E-state index in [-0.39, 0.29) is 5.91 Å². The van der Waals surface area contributed by atoms with Gasteiger partial charge in [-0.3, -0.25) is 9.69 Å². The van der Waals surface area contributed by atoms with Crippen molar-refractivity contribution in [3.05, 3.63) is 99.9 Å². The number of amides is 1. The van der Waals surface area contributed by atoms with Crippen LogP contribution in [0.1, 0.15) is 18.1 Å². The summed E-state index contributed by atoms with van der Waals surface area (Å²) >= 11 is 7.31. The third-order valence-electron chi connectivity index (χ3n) is 5.03. The SMILES string of the molecule is CCOCCN1C(=O)/C(=C/c2ccc(OCc3ccc(Cl)cc3)cc2)SC1=Nc1ccccc1. The van der Waals surface area contributed by atoms with Gasteiger partial charge < -0.3 is 9.47 Å². The molecule has 0 bridgehead atoms. The zero-order valence-electron chi connectivity index (χ0n) is 18.8. The number of hydrogen-bond donors (Lipinski definition) is 0. The van der Waals surface area contributed by atoms with Gasteiger partial charge >= 0.3 is 0 Å². The molecule has 7 heteroatoms. The zero-order valence-corrected chi connectivity index (χ0v) is 20.4. The second-order valence-corrected chi connectivity index (χ2v) is 8.92. The van der Waals surface area contributed by atoms with Gasteiger partial charge in [-0.05, 0) is 72.3 Å². The van der Waals surface area contributed by atoms with Gasteiger partial charge in [0.15, 0.2) is 5.17 Å². The predicted octanol–water partition coefficient (Wildman–Crippen LogP) is 6.56. The molecule has 0 atom stereocenters. The number of halogens is 1. The van der Waals surface area contributed by atoms with Gasteiger partial charge in [-0.1, -0.05) is 54.1 Å². The van der Waals surface area contributed by atoms with Crippen molar-refractivity contribution in [3.8, 4) is 5.75 Å². The fourth-order valence-corrected chi connectivity index (χ4v) is 4.41. The molecular weight excluding hydrogens is 468 g/mol. The molecule has 174 valence electrons. The number of hydrogen-bond acceptors (Lipinski definition) is 5. The number of carbonyl (C=O) groups is 1. The molecule has 0 radical (unpaired) electrons. The largest absolute Gasteiger partial charge is 0.489 e. The summed E-state index contributed by atoms with van der Waals surface area (Å²) in [6.07, 6.45) is 1.89. The minimum atomic E-state index is -0.0672. The second-order valence-electron chi connectivity index (χ2n) is 7.48. The maximum Gasteiger partial charge on any atom is 0.266 e. The van der Waals surface area contributed by atoms with Crippen molar-refractivity contribution in [1.29, 1.82) is 0 Å². The lowest BCUT2D eigenvalue weighted by Gasteiger charge is -2.15. The highest BCUT2D eigenvalue weighted by atomic mass is 35.5. The topological polar surface area (TPSA) is 51.1 Å². The van der Waals surface area contributed by atoms with Crippen molar-refractivity contribution in [2.75, 3.05) is 19.8 Å². The highest BCUT2D eigenvalue weighted by Crippen LogP contribution is 2.34. The summed E-state index contributed by atoms with van der Waals surface area (Å²) in [6.45, 7) is 3.92. The molecular formula is C27H25ClN2O3S. The van der Waals surface area contributed by atoms with Crippen molar-refractivity contribution in [2.45, 2.75) is 13.5 Å². The summed E-state index contributed by atoms with van der Waals surface area (Å²) in [5.74, 6) is 0.689. The van der Waals surface area contributed by atoms with Crippen LogP contribution in [0.4, 0.5) is 5.69 Å². The van der Waals surface area contributed by atoms with Crippen LogP contribution in [-0.2, 0) is 16.1 Å². The van der Waals surface area contributed by atoms with Crippen LogP contribution in [0.3, 0.4) is 0 Å². The number of thioether (sulfide) groups is 1. The normalized spacial score (nSPS) is 15.9. The van der Waals surface area contributed by atoms with Crippen molar-refractivity contribution in [3.63, 3.8) is 0 Å². The molecule has 3 aromatic rings. The lowest BCUT2D eigenvalue weighted by atomic mass is 10.2. The van der Waals surface area contributed by atoms with Crippen molar-refractivity contribution in [2.24, 2.45) is 4.99 Å². The summed E-state index contributed by atoms with van der Waals surface area (Å²) in [5.41, 5.74) is 2.77. The van der Waals surface area contributed by atoms with E-state index in [0.717, 1.165) is 22.6 Å². The molecule has 0 aliphatic carbocycles. The van der Waals surface area contributed by atoms with Crippen LogP contribution in [0.2, 0.25) is 5.02 Å². The Bertz CT molecular complexity index is 1160. The maximum atomic E-state index is 13.1. The molecule has 34 heavy (non-hydrogen) atoms. The van der Waals surface area contributed by atoms with E-state index in [1.807, 2.05) is 91.9 Å². The summed E-state index contributed by atoms with van der Waals surface area (Å²) in [6, 6.07) is 24.9. The highest BCUT2D eigenvalue weighted by Gasteiger charge is 2.33. The van der Waals surface area contributed by atoms with Gasteiger partial charge in [0, 0.05) is 11.6 Å². The number of aliphatic imine (C=N–C) groups is 1. The van der Waals surface area contributed by atoms with Crippen LogP contribution in [0.15, 0.2) is 88.8 Å². The van der Waals surface area contributed by atoms with E-state index in [1.54, 1.807) is 4.90 Å². The van der Waals surface area contributed by atoms with Gasteiger partial charge in [0.25, 0.3) is 5.91 Å². The number of ether oxygens (including phenoxy) is 2. The number of nitrogens with zero attached hydrogens (tertiary/aromatic N) is 2. The van der Waals surface area contributed by atoms with Crippen molar-refractivity contribution < 1.29 is 14.3 Å². The summed E-state index contributed by atoms with van der Waals surface area (Å²) < 4.78 is 11.3. The first-order chi connectivity index (χ1) is 16.6. The second kappa shape index (κ2) is 11.9. The lowest BCUT2D eigenvalue weighted by Crippen LogP contribution is -2.32. The lowest BCUT2D eigenvalue weighted by molar-refractivity contribution is -0.122. The Hall–Kier alpha value is -3.06. The minimum Gasteiger partial charge on any atom is -0.489 e. The van der Waals surface area contributed by atoms with Crippen LogP contribution < -0.4 is 4.74 Å². The first kappa shape index (κ1) is 24.1. The van der Waals surface area contributed by atoms with Crippen LogP contribution in [0.25, 0.3) is 6.08 Å². The Morgan fingerprint density at radius 2 is 1.74 bits per heavy atom. The van der Waals surface area contributed by atoms with Crippen LogP contribution in [0.5, 0.6) is 5.75 Å². The molecule has 3 aromatic carbocycles. The Balaban J connectivity index is 1.46. The highest BCUT2D eigenvalue weighted by molar-refractivity contribution is 8.18. The van der Waals surface area contributed by atoms with Gasteiger partial charge in [0.05, 0.1) is 23.7 Å². The Morgan fingerprint density at radius 1 is 1.00 bits per heavy atom. The number of rotatable bonds is 9. The molecule has 0 aromatic heterocycles. The van der Waals surface area contributed by atoms with Gasteiger partial charge in [0.2, 0.25) is 0 Å². The van der Waals surface area contributed by atoms with Gasteiger partial charge in [-0.25, -0.2) is 4.99 Å². The molecule has 1 aliphatic heterocycles. The monoisotopic (exact) mass is 492 g/mol. The van der Waals surface area contributed by atoms with Crippen molar-refractivity contribution >= 4 is 46.2 Å².